The predicted molar refractivity (Wildman–Crippen MR) is 72.9 cm³/mol. The van der Waals surface area contributed by atoms with Crippen LogP contribution in [0.1, 0.15) is 23.0 Å². The molecule has 3 rings (SSSR count). The molecule has 19 heavy (non-hydrogen) atoms. The van der Waals surface area contributed by atoms with E-state index in [4.69, 9.17) is 0 Å². The quantitative estimate of drug-likeness (QED) is 0.871. The Morgan fingerprint density at radius 3 is 2.95 bits per heavy atom. The number of halogens is 1. The van der Waals surface area contributed by atoms with Gasteiger partial charge in [0, 0.05) is 17.8 Å². The predicted octanol–water partition coefficient (Wildman–Crippen LogP) is 2.64. The van der Waals surface area contributed by atoms with Gasteiger partial charge in [0.25, 0.3) is 5.91 Å². The Bertz CT molecular complexity index is 650. The van der Waals surface area contributed by atoms with Crippen LogP contribution >= 0.6 is 11.3 Å². The number of nitrogens with zero attached hydrogens (tertiary/aromatic N) is 1. The minimum absolute atomic E-state index is 0.0839. The summed E-state index contributed by atoms with van der Waals surface area (Å²) < 4.78 is 14.0. The molecule has 1 fully saturated rings. The van der Waals surface area contributed by atoms with Gasteiger partial charge in [-0.15, -0.1) is 11.3 Å². The van der Waals surface area contributed by atoms with E-state index in [0.29, 0.717) is 24.4 Å². The van der Waals surface area contributed by atoms with E-state index in [9.17, 15) is 14.3 Å². The highest BCUT2D eigenvalue weighted by atomic mass is 32.1. The van der Waals surface area contributed by atoms with Gasteiger partial charge >= 0.3 is 0 Å². The Kier molecular flexibility index (Phi) is 2.83. The maximum absolute atomic E-state index is 13.1. The molecule has 0 spiro atoms. The standard InChI is InChI=1S/C14H14FNO2S/c1-14(18)4-5-16(8-14)13(17)12-7-9-6-10(15)2-3-11(9)19-12/h2-3,6-7,18H,4-5,8H2,1H3. The summed E-state index contributed by atoms with van der Waals surface area (Å²) in [6.07, 6.45) is 0.595. The number of fused-ring (bicyclic) bond motifs is 1. The van der Waals surface area contributed by atoms with E-state index in [0.717, 1.165) is 10.1 Å². The Hall–Kier alpha value is -1.46. The van der Waals surface area contributed by atoms with Crippen molar-refractivity contribution in [3.8, 4) is 0 Å². The van der Waals surface area contributed by atoms with Gasteiger partial charge in [0.2, 0.25) is 0 Å². The molecule has 0 aliphatic carbocycles. The van der Waals surface area contributed by atoms with Gasteiger partial charge in [-0.1, -0.05) is 0 Å². The van der Waals surface area contributed by atoms with Crippen molar-refractivity contribution in [3.63, 3.8) is 0 Å². The molecule has 2 heterocycles. The molecular weight excluding hydrogens is 265 g/mol. The topological polar surface area (TPSA) is 40.5 Å². The Morgan fingerprint density at radius 2 is 2.26 bits per heavy atom. The lowest BCUT2D eigenvalue weighted by Crippen LogP contribution is -2.33. The van der Waals surface area contributed by atoms with E-state index < -0.39 is 5.60 Å². The zero-order valence-corrected chi connectivity index (χ0v) is 11.3. The minimum Gasteiger partial charge on any atom is -0.388 e. The summed E-state index contributed by atoms with van der Waals surface area (Å²) in [6, 6.07) is 6.24. The maximum Gasteiger partial charge on any atom is 0.264 e. The van der Waals surface area contributed by atoms with Crippen LogP contribution in [0.3, 0.4) is 0 Å². The Labute approximate surface area is 114 Å². The van der Waals surface area contributed by atoms with Crippen molar-refractivity contribution >= 4 is 27.3 Å². The van der Waals surface area contributed by atoms with Crippen LogP contribution in [0.25, 0.3) is 10.1 Å². The minimum atomic E-state index is -0.793. The molecule has 5 heteroatoms. The average Bonchev–Trinajstić information content (AvgIpc) is 2.90. The number of benzene rings is 1. The third-order valence-corrected chi connectivity index (χ3v) is 4.53. The number of carbonyl (C=O) groups excluding carboxylic acids is 1. The van der Waals surface area contributed by atoms with Gasteiger partial charge in [0.15, 0.2) is 0 Å². The monoisotopic (exact) mass is 279 g/mol. The molecular formula is C14H14FNO2S. The van der Waals surface area contributed by atoms with Crippen molar-refractivity contribution in [2.24, 2.45) is 0 Å². The first-order chi connectivity index (χ1) is 8.94. The van der Waals surface area contributed by atoms with Crippen LogP contribution in [0.2, 0.25) is 0 Å². The maximum atomic E-state index is 13.1. The van der Waals surface area contributed by atoms with Crippen molar-refractivity contribution in [1.29, 1.82) is 0 Å². The van der Waals surface area contributed by atoms with Crippen molar-refractivity contribution < 1.29 is 14.3 Å². The van der Waals surface area contributed by atoms with Gasteiger partial charge in [-0.25, -0.2) is 4.39 Å². The van der Waals surface area contributed by atoms with Crippen molar-refractivity contribution in [2.75, 3.05) is 13.1 Å². The highest BCUT2D eigenvalue weighted by Gasteiger charge is 2.34. The van der Waals surface area contributed by atoms with Crippen molar-refractivity contribution in [3.05, 3.63) is 35.0 Å². The Morgan fingerprint density at radius 1 is 1.47 bits per heavy atom. The van der Waals surface area contributed by atoms with E-state index in [2.05, 4.69) is 0 Å². The van der Waals surface area contributed by atoms with E-state index in [1.54, 1.807) is 24.0 Å². The summed E-state index contributed by atoms with van der Waals surface area (Å²) in [5, 5.41) is 10.6. The summed E-state index contributed by atoms with van der Waals surface area (Å²) >= 11 is 1.36. The molecule has 1 aromatic heterocycles. The number of hydrogen-bond donors (Lipinski definition) is 1. The number of rotatable bonds is 1. The Balaban J connectivity index is 1.90. The molecule has 0 saturated carbocycles. The highest BCUT2D eigenvalue weighted by molar-refractivity contribution is 7.20. The van der Waals surface area contributed by atoms with E-state index in [1.807, 2.05) is 0 Å². The lowest BCUT2D eigenvalue weighted by Gasteiger charge is -2.18. The average molecular weight is 279 g/mol. The number of likely N-dealkylation sites (tertiary alicyclic amines) is 1. The van der Waals surface area contributed by atoms with Gasteiger partial charge < -0.3 is 10.0 Å². The van der Waals surface area contributed by atoms with Crippen molar-refractivity contribution in [1.82, 2.24) is 4.90 Å². The first kappa shape index (κ1) is 12.6. The molecule has 0 bridgehead atoms. The summed E-state index contributed by atoms with van der Waals surface area (Å²) in [6.45, 7) is 2.66. The van der Waals surface area contributed by atoms with Gasteiger partial charge in [-0.05, 0) is 43.0 Å². The molecule has 1 aliphatic rings. The van der Waals surface area contributed by atoms with Gasteiger partial charge in [0.1, 0.15) is 5.82 Å². The fourth-order valence-electron chi connectivity index (χ4n) is 2.39. The number of thiophene rings is 1. The van der Waals surface area contributed by atoms with Crippen LogP contribution in [0, 0.1) is 5.82 Å². The van der Waals surface area contributed by atoms with Gasteiger partial charge in [0.05, 0.1) is 10.5 Å². The molecule has 3 nitrogen and oxygen atoms in total. The molecule has 1 saturated heterocycles. The largest absolute Gasteiger partial charge is 0.388 e. The van der Waals surface area contributed by atoms with Crippen LogP contribution in [0.4, 0.5) is 4.39 Å². The van der Waals surface area contributed by atoms with Gasteiger partial charge in [-0.3, -0.25) is 4.79 Å². The third-order valence-electron chi connectivity index (χ3n) is 3.43. The lowest BCUT2D eigenvalue weighted by atomic mass is 10.1. The molecule has 1 unspecified atom stereocenters. The number of aliphatic hydroxyl groups is 1. The van der Waals surface area contributed by atoms with Crippen LogP contribution in [-0.2, 0) is 0 Å². The molecule has 1 N–H and O–H groups in total. The van der Waals surface area contributed by atoms with Crippen LogP contribution in [-0.4, -0.2) is 34.6 Å². The molecule has 1 aliphatic heterocycles. The lowest BCUT2D eigenvalue weighted by molar-refractivity contribution is 0.0575. The van der Waals surface area contributed by atoms with Crippen LogP contribution in [0.5, 0.6) is 0 Å². The van der Waals surface area contributed by atoms with E-state index >= 15 is 0 Å². The van der Waals surface area contributed by atoms with E-state index in [-0.39, 0.29) is 11.7 Å². The van der Waals surface area contributed by atoms with Crippen molar-refractivity contribution in [2.45, 2.75) is 18.9 Å². The van der Waals surface area contributed by atoms with E-state index in [1.165, 1.54) is 23.5 Å². The molecule has 1 atom stereocenters. The molecule has 1 amide bonds. The second-order valence-corrected chi connectivity index (χ2v) is 6.35. The fourth-order valence-corrected chi connectivity index (χ4v) is 3.40. The number of hydrogen-bond acceptors (Lipinski definition) is 3. The summed E-state index contributed by atoms with van der Waals surface area (Å²) in [5.74, 6) is -0.382. The first-order valence-corrected chi connectivity index (χ1v) is 6.97. The fraction of sp³-hybridized carbons (Fsp3) is 0.357. The molecule has 1 aromatic carbocycles. The summed E-state index contributed by atoms with van der Waals surface area (Å²) in [7, 11) is 0. The second kappa shape index (κ2) is 4.28. The smallest absolute Gasteiger partial charge is 0.264 e. The summed E-state index contributed by atoms with van der Waals surface area (Å²) in [4.78, 5) is 14.6. The molecule has 100 valence electrons. The second-order valence-electron chi connectivity index (χ2n) is 5.27. The molecule has 2 aromatic rings. The number of amides is 1. The number of carbonyl (C=O) groups is 1. The first-order valence-electron chi connectivity index (χ1n) is 6.15. The third kappa shape index (κ3) is 2.35. The highest BCUT2D eigenvalue weighted by Crippen LogP contribution is 2.29. The SMILES string of the molecule is CC1(O)CCN(C(=O)c2cc3cc(F)ccc3s2)C1. The number of β-amino-alcohol motifs (C(OH)–C–C–N with tert-alkyl or cyclic N) is 1. The van der Waals surface area contributed by atoms with Crippen LogP contribution in [0.15, 0.2) is 24.3 Å². The zero-order chi connectivity index (χ0) is 13.6. The normalized spacial score (nSPS) is 23.2. The zero-order valence-electron chi connectivity index (χ0n) is 10.5. The summed E-state index contributed by atoms with van der Waals surface area (Å²) in [5.41, 5.74) is -0.793. The van der Waals surface area contributed by atoms with Crippen LogP contribution < -0.4 is 0 Å². The van der Waals surface area contributed by atoms with Gasteiger partial charge in [-0.2, -0.15) is 0 Å². The molecule has 0 radical (unpaired) electrons.